The average molecular weight is 144 g/mol. The molecule has 0 aliphatic carbocycles. The molecule has 58 valence electrons. The average Bonchev–Trinajstić information content (AvgIpc) is 1.58. The Balaban J connectivity index is 3.54. The van der Waals surface area contributed by atoms with Crippen molar-refractivity contribution in [1.82, 2.24) is 10.2 Å². The highest BCUT2D eigenvalue weighted by molar-refractivity contribution is 5.94. The van der Waals surface area contributed by atoms with E-state index in [9.17, 15) is 9.59 Å². The number of imide groups is 1. The molecule has 0 spiro atoms. The maximum atomic E-state index is 10.7. The zero-order valence-corrected chi connectivity index (χ0v) is 6.47. The van der Waals surface area contributed by atoms with Crippen molar-refractivity contribution in [3.8, 4) is 0 Å². The Morgan fingerprint density at radius 3 is 2.20 bits per heavy atom. The highest BCUT2D eigenvalue weighted by Crippen LogP contribution is 1.73. The standard InChI is InChI=1S/C6H12N2O2/c1-5(9)7-6(10)4-8(2)3/h4H2,1-3H3,(H,7,9,10). The van der Waals surface area contributed by atoms with Crippen LogP contribution in [0.15, 0.2) is 0 Å². The minimum absolute atomic E-state index is 0.250. The summed E-state index contributed by atoms with van der Waals surface area (Å²) in [7, 11) is 3.53. The molecule has 0 rings (SSSR count). The lowest BCUT2D eigenvalue weighted by atomic mass is 10.5. The second-order valence-electron chi connectivity index (χ2n) is 2.34. The fourth-order valence-corrected chi connectivity index (χ4v) is 0.523. The van der Waals surface area contributed by atoms with E-state index in [0.29, 0.717) is 0 Å². The van der Waals surface area contributed by atoms with Gasteiger partial charge < -0.3 is 4.90 Å². The van der Waals surface area contributed by atoms with Gasteiger partial charge in [-0.15, -0.1) is 0 Å². The van der Waals surface area contributed by atoms with Crippen molar-refractivity contribution in [3.05, 3.63) is 0 Å². The topological polar surface area (TPSA) is 49.4 Å². The number of nitrogens with zero attached hydrogens (tertiary/aromatic N) is 1. The Morgan fingerprint density at radius 1 is 1.40 bits per heavy atom. The minimum Gasteiger partial charge on any atom is -0.301 e. The first-order valence-corrected chi connectivity index (χ1v) is 2.97. The number of nitrogens with one attached hydrogen (secondary N) is 1. The molecule has 0 saturated carbocycles. The molecular weight excluding hydrogens is 132 g/mol. The van der Waals surface area contributed by atoms with Crippen LogP contribution >= 0.6 is 0 Å². The molecule has 0 radical (unpaired) electrons. The van der Waals surface area contributed by atoms with Crippen molar-refractivity contribution in [3.63, 3.8) is 0 Å². The fourth-order valence-electron chi connectivity index (χ4n) is 0.523. The molecule has 0 fully saturated rings. The second kappa shape index (κ2) is 4.00. The molecule has 0 heterocycles. The number of rotatable bonds is 2. The maximum Gasteiger partial charge on any atom is 0.240 e. The van der Waals surface area contributed by atoms with E-state index < -0.39 is 0 Å². The van der Waals surface area contributed by atoms with Gasteiger partial charge in [-0.3, -0.25) is 14.9 Å². The molecule has 4 heteroatoms. The summed E-state index contributed by atoms with van der Waals surface area (Å²) in [5, 5.41) is 2.15. The van der Waals surface area contributed by atoms with Gasteiger partial charge in [0.05, 0.1) is 6.54 Å². The summed E-state index contributed by atoms with van der Waals surface area (Å²) in [6, 6.07) is 0. The SMILES string of the molecule is CC(=O)NC(=O)CN(C)C. The first kappa shape index (κ1) is 9.10. The predicted octanol–water partition coefficient (Wildman–Crippen LogP) is -0.789. The van der Waals surface area contributed by atoms with E-state index in [1.165, 1.54) is 6.92 Å². The van der Waals surface area contributed by atoms with Crippen LogP contribution < -0.4 is 5.32 Å². The molecule has 0 bridgehead atoms. The summed E-state index contributed by atoms with van der Waals surface area (Å²) in [5.74, 6) is -0.579. The van der Waals surface area contributed by atoms with Crippen LogP contribution in [0.3, 0.4) is 0 Å². The third kappa shape index (κ3) is 5.24. The van der Waals surface area contributed by atoms with Crippen LogP contribution in [0.1, 0.15) is 6.92 Å². The van der Waals surface area contributed by atoms with Gasteiger partial charge in [-0.1, -0.05) is 0 Å². The maximum absolute atomic E-state index is 10.7. The molecule has 4 nitrogen and oxygen atoms in total. The number of amides is 2. The van der Waals surface area contributed by atoms with Gasteiger partial charge in [0.15, 0.2) is 0 Å². The third-order valence-electron chi connectivity index (χ3n) is 0.775. The van der Waals surface area contributed by atoms with Crippen molar-refractivity contribution in [2.75, 3.05) is 20.6 Å². The number of carbonyl (C=O) groups is 2. The van der Waals surface area contributed by atoms with Gasteiger partial charge in [0.2, 0.25) is 11.8 Å². The first-order chi connectivity index (χ1) is 4.52. The predicted molar refractivity (Wildman–Crippen MR) is 37.4 cm³/mol. The van der Waals surface area contributed by atoms with Crippen molar-refractivity contribution in [1.29, 1.82) is 0 Å². The summed E-state index contributed by atoms with van der Waals surface area (Å²) in [6.45, 7) is 1.56. The monoisotopic (exact) mass is 144 g/mol. The Morgan fingerprint density at radius 2 is 1.90 bits per heavy atom. The Bertz CT molecular complexity index is 143. The Labute approximate surface area is 60.2 Å². The number of hydrogen-bond donors (Lipinski definition) is 1. The highest BCUT2D eigenvalue weighted by atomic mass is 16.2. The molecular formula is C6H12N2O2. The Kier molecular flexibility index (Phi) is 3.64. The van der Waals surface area contributed by atoms with Gasteiger partial charge in [-0.05, 0) is 14.1 Å². The molecule has 0 aromatic rings. The van der Waals surface area contributed by atoms with Crippen LogP contribution in [0.5, 0.6) is 0 Å². The van der Waals surface area contributed by atoms with Crippen LogP contribution in [0.25, 0.3) is 0 Å². The molecule has 10 heavy (non-hydrogen) atoms. The molecule has 0 aromatic heterocycles. The van der Waals surface area contributed by atoms with Gasteiger partial charge in [0.1, 0.15) is 0 Å². The summed E-state index contributed by atoms with van der Waals surface area (Å²) in [5.41, 5.74) is 0. The zero-order chi connectivity index (χ0) is 8.15. The van der Waals surface area contributed by atoms with Crippen LogP contribution in [0, 0.1) is 0 Å². The van der Waals surface area contributed by atoms with Crippen molar-refractivity contribution < 1.29 is 9.59 Å². The third-order valence-corrected chi connectivity index (χ3v) is 0.775. The number of hydrogen-bond acceptors (Lipinski definition) is 3. The van der Waals surface area contributed by atoms with E-state index in [-0.39, 0.29) is 18.4 Å². The van der Waals surface area contributed by atoms with Crippen LogP contribution in [-0.4, -0.2) is 37.4 Å². The minimum atomic E-state index is -0.313. The van der Waals surface area contributed by atoms with E-state index in [1.54, 1.807) is 19.0 Å². The molecule has 0 saturated heterocycles. The second-order valence-corrected chi connectivity index (χ2v) is 2.34. The molecule has 0 aliphatic heterocycles. The van der Waals surface area contributed by atoms with Crippen LogP contribution in [0.2, 0.25) is 0 Å². The zero-order valence-electron chi connectivity index (χ0n) is 6.47. The van der Waals surface area contributed by atoms with E-state index in [2.05, 4.69) is 5.32 Å². The highest BCUT2D eigenvalue weighted by Gasteiger charge is 2.02. The van der Waals surface area contributed by atoms with E-state index in [0.717, 1.165) is 0 Å². The molecule has 0 aliphatic rings. The summed E-state index contributed by atoms with van der Waals surface area (Å²) < 4.78 is 0. The molecule has 1 N–H and O–H groups in total. The van der Waals surface area contributed by atoms with Gasteiger partial charge >= 0.3 is 0 Å². The molecule has 0 unspecified atom stereocenters. The quantitative estimate of drug-likeness (QED) is 0.552. The van der Waals surface area contributed by atoms with E-state index in [4.69, 9.17) is 0 Å². The van der Waals surface area contributed by atoms with Gasteiger partial charge in [-0.25, -0.2) is 0 Å². The van der Waals surface area contributed by atoms with E-state index >= 15 is 0 Å². The number of carbonyl (C=O) groups excluding carboxylic acids is 2. The lowest BCUT2D eigenvalue weighted by Gasteiger charge is -2.07. The smallest absolute Gasteiger partial charge is 0.240 e. The first-order valence-electron chi connectivity index (χ1n) is 2.97. The van der Waals surface area contributed by atoms with Crippen molar-refractivity contribution in [2.24, 2.45) is 0 Å². The summed E-state index contributed by atoms with van der Waals surface area (Å²) >= 11 is 0. The molecule has 0 atom stereocenters. The molecule has 0 aromatic carbocycles. The van der Waals surface area contributed by atoms with Crippen LogP contribution in [0.4, 0.5) is 0 Å². The van der Waals surface area contributed by atoms with Crippen molar-refractivity contribution in [2.45, 2.75) is 6.92 Å². The van der Waals surface area contributed by atoms with Gasteiger partial charge in [0.25, 0.3) is 0 Å². The fraction of sp³-hybridized carbons (Fsp3) is 0.667. The van der Waals surface area contributed by atoms with Crippen molar-refractivity contribution >= 4 is 11.8 Å². The molecule has 2 amide bonds. The lowest BCUT2D eigenvalue weighted by Crippen LogP contribution is -2.35. The van der Waals surface area contributed by atoms with Gasteiger partial charge in [0, 0.05) is 6.92 Å². The lowest BCUT2D eigenvalue weighted by molar-refractivity contribution is -0.129. The summed E-state index contributed by atoms with van der Waals surface area (Å²) in [4.78, 5) is 22.7. The number of likely N-dealkylation sites (N-methyl/N-ethyl adjacent to an activating group) is 1. The normalized spacial score (nSPS) is 9.60. The van der Waals surface area contributed by atoms with Crippen LogP contribution in [-0.2, 0) is 9.59 Å². The Hall–Kier alpha value is -0.900. The largest absolute Gasteiger partial charge is 0.301 e. The van der Waals surface area contributed by atoms with E-state index in [1.807, 2.05) is 0 Å². The summed E-state index contributed by atoms with van der Waals surface area (Å²) in [6.07, 6.45) is 0. The van der Waals surface area contributed by atoms with Gasteiger partial charge in [-0.2, -0.15) is 0 Å².